The van der Waals surface area contributed by atoms with Gasteiger partial charge in [-0.3, -0.25) is 10.1 Å². The topological polar surface area (TPSA) is 43.1 Å². The Morgan fingerprint density at radius 1 is 0.889 bits per heavy atom. The Kier molecular flexibility index (Phi) is 18.0. The van der Waals surface area contributed by atoms with Gasteiger partial charge in [-0.15, -0.1) is 0 Å². The first-order chi connectivity index (χ1) is 8.54. The second-order valence-electron chi connectivity index (χ2n) is 5.36. The van der Waals surface area contributed by atoms with E-state index in [4.69, 9.17) is 0 Å². The second kappa shape index (κ2) is 16.4. The summed E-state index contributed by atoms with van der Waals surface area (Å²) in [4.78, 5) is 9.09. The molecule has 0 amide bonds. The second-order valence-corrected chi connectivity index (χ2v) is 5.36. The summed E-state index contributed by atoms with van der Waals surface area (Å²) in [6, 6.07) is 0. The van der Waals surface area contributed by atoms with Gasteiger partial charge in [0.1, 0.15) is 0 Å². The van der Waals surface area contributed by atoms with Gasteiger partial charge in [0.2, 0.25) is 6.54 Å². The van der Waals surface area contributed by atoms with Gasteiger partial charge in [0.15, 0.2) is 0 Å². The first kappa shape index (κ1) is 19.7. The Morgan fingerprint density at radius 2 is 1.39 bits per heavy atom. The number of hydrogen-bond acceptors (Lipinski definition) is 2. The van der Waals surface area contributed by atoms with Crippen LogP contribution in [0.3, 0.4) is 0 Å². The number of unbranched alkanes of at least 4 members (excludes halogenated alkanes) is 6. The quantitative estimate of drug-likeness (QED) is 0.297. The molecule has 3 heteroatoms. The van der Waals surface area contributed by atoms with E-state index >= 15 is 0 Å². The van der Waals surface area contributed by atoms with Crippen LogP contribution in [0.2, 0.25) is 0 Å². The minimum absolute atomic E-state index is 0.0972. The smallest absolute Gasteiger partial charge is 0.203 e. The van der Waals surface area contributed by atoms with Crippen LogP contribution in [0.15, 0.2) is 0 Å². The maximum atomic E-state index is 9.40. The molecule has 0 saturated heterocycles. The van der Waals surface area contributed by atoms with Crippen molar-refractivity contribution in [3.8, 4) is 0 Å². The lowest BCUT2D eigenvalue weighted by Crippen LogP contribution is -1.96. The summed E-state index contributed by atoms with van der Waals surface area (Å²) in [5, 5.41) is 9.40. The molecule has 0 heterocycles. The highest BCUT2D eigenvalue weighted by Crippen LogP contribution is 2.11. The minimum atomic E-state index is -0.319. The van der Waals surface area contributed by atoms with Crippen molar-refractivity contribution >= 4 is 0 Å². The van der Waals surface area contributed by atoms with E-state index in [1.165, 1.54) is 51.4 Å². The molecule has 0 rings (SSSR count). The monoisotopic (exact) mass is 259 g/mol. The molecule has 0 bridgehead atoms. The van der Waals surface area contributed by atoms with Crippen LogP contribution in [0.5, 0.6) is 0 Å². The van der Waals surface area contributed by atoms with Crippen molar-refractivity contribution in [1.29, 1.82) is 0 Å². The van der Waals surface area contributed by atoms with E-state index in [9.17, 15) is 10.1 Å². The molecular formula is C15H33NO2. The van der Waals surface area contributed by atoms with E-state index < -0.39 is 0 Å². The fourth-order valence-corrected chi connectivity index (χ4v) is 1.69. The largest absolute Gasteiger partial charge is 0.265 e. The summed E-state index contributed by atoms with van der Waals surface area (Å²) in [6.07, 6.45) is 12.2. The Morgan fingerprint density at radius 3 is 1.72 bits per heavy atom. The molecule has 0 aromatic carbocycles. The standard InChI is InChI=1S/C12H26.C3H7NO2/c1-4-5-6-7-8-9-10-11-12(2)3;1-2-3-4(5)6/h12H,4-11H2,1-3H3;2-3H2,1H3. The number of nitrogens with zero attached hydrogens (tertiary/aromatic N) is 1. The van der Waals surface area contributed by atoms with Gasteiger partial charge in [-0.05, 0) is 5.92 Å². The summed E-state index contributed by atoms with van der Waals surface area (Å²) >= 11 is 0. The molecule has 0 radical (unpaired) electrons. The van der Waals surface area contributed by atoms with Crippen LogP contribution in [0, 0.1) is 16.0 Å². The van der Waals surface area contributed by atoms with Gasteiger partial charge in [0.25, 0.3) is 0 Å². The van der Waals surface area contributed by atoms with Crippen LogP contribution in [-0.4, -0.2) is 11.5 Å². The van der Waals surface area contributed by atoms with Gasteiger partial charge >= 0.3 is 0 Å². The highest BCUT2D eigenvalue weighted by atomic mass is 16.6. The fraction of sp³-hybridized carbons (Fsp3) is 1.00. The van der Waals surface area contributed by atoms with Gasteiger partial charge in [-0.2, -0.15) is 0 Å². The van der Waals surface area contributed by atoms with Crippen LogP contribution >= 0.6 is 0 Å². The average molecular weight is 259 g/mol. The normalized spacial score (nSPS) is 10.1. The average Bonchev–Trinajstić information content (AvgIpc) is 2.28. The van der Waals surface area contributed by atoms with E-state index in [0.717, 1.165) is 5.92 Å². The van der Waals surface area contributed by atoms with Gasteiger partial charge in [-0.25, -0.2) is 0 Å². The third-order valence-corrected chi connectivity index (χ3v) is 2.79. The molecule has 0 N–H and O–H groups in total. The lowest BCUT2D eigenvalue weighted by Gasteiger charge is -2.03. The minimum Gasteiger partial charge on any atom is -0.265 e. The molecule has 0 fully saturated rings. The molecule has 0 spiro atoms. The molecule has 0 aliphatic carbocycles. The molecule has 3 nitrogen and oxygen atoms in total. The van der Waals surface area contributed by atoms with Crippen molar-refractivity contribution in [2.75, 3.05) is 6.54 Å². The first-order valence-corrected chi connectivity index (χ1v) is 7.66. The van der Waals surface area contributed by atoms with Crippen molar-refractivity contribution in [2.45, 2.75) is 85.5 Å². The molecule has 110 valence electrons. The van der Waals surface area contributed by atoms with Crippen molar-refractivity contribution in [1.82, 2.24) is 0 Å². The van der Waals surface area contributed by atoms with Crippen LogP contribution in [0.1, 0.15) is 85.5 Å². The van der Waals surface area contributed by atoms with Gasteiger partial charge < -0.3 is 0 Å². The zero-order valence-corrected chi connectivity index (χ0v) is 12.9. The first-order valence-electron chi connectivity index (χ1n) is 7.66. The molecule has 0 unspecified atom stereocenters. The third kappa shape index (κ3) is 24.6. The number of rotatable bonds is 10. The van der Waals surface area contributed by atoms with E-state index in [-0.39, 0.29) is 11.5 Å². The van der Waals surface area contributed by atoms with E-state index in [1.54, 1.807) is 6.92 Å². The third-order valence-electron chi connectivity index (χ3n) is 2.79. The summed E-state index contributed by atoms with van der Waals surface area (Å²) < 4.78 is 0. The van der Waals surface area contributed by atoms with Gasteiger partial charge in [0.05, 0.1) is 0 Å². The molecule has 18 heavy (non-hydrogen) atoms. The van der Waals surface area contributed by atoms with Crippen molar-refractivity contribution in [2.24, 2.45) is 5.92 Å². The van der Waals surface area contributed by atoms with Crippen LogP contribution in [0.25, 0.3) is 0 Å². The van der Waals surface area contributed by atoms with Gasteiger partial charge in [0, 0.05) is 11.3 Å². The van der Waals surface area contributed by atoms with Crippen molar-refractivity contribution in [3.05, 3.63) is 10.1 Å². The van der Waals surface area contributed by atoms with E-state index in [2.05, 4.69) is 20.8 Å². The van der Waals surface area contributed by atoms with Crippen molar-refractivity contribution in [3.63, 3.8) is 0 Å². The molecule has 0 aromatic heterocycles. The maximum Gasteiger partial charge on any atom is 0.203 e. The summed E-state index contributed by atoms with van der Waals surface area (Å²) in [5.74, 6) is 0.903. The molecule has 0 aromatic rings. The SMILES string of the molecule is CCCCCCCCCC(C)C.CCC[N+](=O)[O-]. The number of hydrogen-bond donors (Lipinski definition) is 0. The zero-order valence-electron chi connectivity index (χ0n) is 12.9. The molecule has 0 aliphatic rings. The molecular weight excluding hydrogens is 226 g/mol. The highest BCUT2D eigenvalue weighted by Gasteiger charge is 1.93. The van der Waals surface area contributed by atoms with Crippen LogP contribution in [-0.2, 0) is 0 Å². The molecule has 0 saturated carbocycles. The lowest BCUT2D eigenvalue weighted by atomic mass is 10.0. The predicted molar refractivity (Wildman–Crippen MR) is 79.6 cm³/mol. The lowest BCUT2D eigenvalue weighted by molar-refractivity contribution is -0.479. The Hall–Kier alpha value is -0.600. The maximum absolute atomic E-state index is 9.40. The fourth-order valence-electron chi connectivity index (χ4n) is 1.69. The zero-order chi connectivity index (χ0) is 14.2. The summed E-state index contributed by atoms with van der Waals surface area (Å²) in [7, 11) is 0. The van der Waals surface area contributed by atoms with Crippen LogP contribution in [0.4, 0.5) is 0 Å². The Labute approximate surface area is 114 Å². The van der Waals surface area contributed by atoms with Gasteiger partial charge in [-0.1, -0.05) is 79.1 Å². The van der Waals surface area contributed by atoms with Crippen molar-refractivity contribution < 1.29 is 4.92 Å². The number of nitro groups is 1. The van der Waals surface area contributed by atoms with E-state index in [1.807, 2.05) is 0 Å². The summed E-state index contributed by atoms with van der Waals surface area (Å²) in [6.45, 7) is 8.79. The highest BCUT2D eigenvalue weighted by molar-refractivity contribution is 4.48. The predicted octanol–water partition coefficient (Wildman–Crippen LogP) is 5.46. The Bertz CT molecular complexity index is 170. The van der Waals surface area contributed by atoms with E-state index in [0.29, 0.717) is 6.42 Å². The summed E-state index contributed by atoms with van der Waals surface area (Å²) in [5.41, 5.74) is 0. The Balaban J connectivity index is 0. The molecule has 0 aliphatic heterocycles. The van der Waals surface area contributed by atoms with Crippen LogP contribution < -0.4 is 0 Å². The molecule has 0 atom stereocenters.